The van der Waals surface area contributed by atoms with Crippen LogP contribution in [0.2, 0.25) is 0 Å². The topological polar surface area (TPSA) is 74.8 Å². The van der Waals surface area contributed by atoms with Crippen molar-refractivity contribution < 1.29 is 13.6 Å². The first kappa shape index (κ1) is 17.1. The zero-order chi connectivity index (χ0) is 17.0. The highest BCUT2D eigenvalue weighted by Crippen LogP contribution is 2.24. The van der Waals surface area contributed by atoms with Crippen LogP contribution < -0.4 is 10.9 Å². The van der Waals surface area contributed by atoms with E-state index >= 15 is 0 Å². The fourth-order valence-electron chi connectivity index (χ4n) is 1.89. The highest BCUT2D eigenvalue weighted by molar-refractivity contribution is 8.00. The quantitative estimate of drug-likeness (QED) is 0.649. The smallest absolute Gasteiger partial charge is 0.251 e. The van der Waals surface area contributed by atoms with Crippen molar-refractivity contribution in [2.75, 3.05) is 5.32 Å². The van der Waals surface area contributed by atoms with Crippen LogP contribution in [0, 0.1) is 18.6 Å². The number of amides is 1. The van der Waals surface area contributed by atoms with Crippen molar-refractivity contribution >= 4 is 23.4 Å². The number of nitrogens with one attached hydrogen (secondary N) is 2. The molecule has 0 saturated heterocycles. The molecule has 1 heterocycles. The maximum Gasteiger partial charge on any atom is 0.251 e. The predicted molar refractivity (Wildman–Crippen MR) is 84.5 cm³/mol. The number of hydrogen-bond acceptors (Lipinski definition) is 4. The van der Waals surface area contributed by atoms with E-state index in [0.29, 0.717) is 12.1 Å². The van der Waals surface area contributed by atoms with Crippen LogP contribution in [0.4, 0.5) is 14.5 Å². The number of aromatic nitrogens is 2. The summed E-state index contributed by atoms with van der Waals surface area (Å²) < 4.78 is 27.2. The Morgan fingerprint density at radius 1 is 1.39 bits per heavy atom. The van der Waals surface area contributed by atoms with Crippen molar-refractivity contribution in [3.8, 4) is 0 Å². The molecule has 1 aromatic heterocycles. The van der Waals surface area contributed by atoms with Crippen molar-refractivity contribution in [1.29, 1.82) is 0 Å². The number of hydrogen-bond donors (Lipinski definition) is 2. The van der Waals surface area contributed by atoms with Gasteiger partial charge in [0, 0.05) is 11.8 Å². The highest BCUT2D eigenvalue weighted by atomic mass is 32.2. The van der Waals surface area contributed by atoms with Gasteiger partial charge in [0.05, 0.1) is 5.25 Å². The van der Waals surface area contributed by atoms with Crippen molar-refractivity contribution in [2.24, 2.45) is 0 Å². The van der Waals surface area contributed by atoms with Gasteiger partial charge in [0.1, 0.15) is 17.3 Å². The third-order valence-corrected chi connectivity index (χ3v) is 4.22. The summed E-state index contributed by atoms with van der Waals surface area (Å²) in [6.07, 6.45) is 0.393. The number of nitrogens with zero attached hydrogens (tertiary/aromatic N) is 1. The Bertz CT molecular complexity index is 759. The van der Waals surface area contributed by atoms with E-state index in [-0.39, 0.29) is 10.7 Å². The van der Waals surface area contributed by atoms with Crippen molar-refractivity contribution in [2.45, 2.75) is 30.7 Å². The summed E-state index contributed by atoms with van der Waals surface area (Å²) in [4.78, 5) is 30.3. The molecule has 0 fully saturated rings. The van der Waals surface area contributed by atoms with E-state index in [1.807, 2.05) is 0 Å². The predicted octanol–water partition coefficient (Wildman–Crippen LogP) is 2.87. The average molecular weight is 339 g/mol. The van der Waals surface area contributed by atoms with Gasteiger partial charge in [-0.15, -0.1) is 0 Å². The van der Waals surface area contributed by atoms with E-state index in [4.69, 9.17) is 0 Å². The van der Waals surface area contributed by atoms with E-state index < -0.39 is 28.5 Å². The second-order valence-corrected chi connectivity index (χ2v) is 5.98. The van der Waals surface area contributed by atoms with Gasteiger partial charge in [-0.25, -0.2) is 13.8 Å². The third-order valence-electron chi connectivity index (χ3n) is 2.98. The zero-order valence-corrected chi connectivity index (χ0v) is 13.3. The summed E-state index contributed by atoms with van der Waals surface area (Å²) in [6.45, 7) is 3.41. The van der Waals surface area contributed by atoms with Gasteiger partial charge in [-0.3, -0.25) is 9.59 Å². The zero-order valence-electron chi connectivity index (χ0n) is 12.5. The number of H-pyrrole nitrogens is 1. The second kappa shape index (κ2) is 7.36. The van der Waals surface area contributed by atoms with Gasteiger partial charge in [0.25, 0.3) is 5.56 Å². The Morgan fingerprint density at radius 2 is 2.04 bits per heavy atom. The Hall–Kier alpha value is -2.22. The molecule has 2 aromatic rings. The number of thioether (sulfide) groups is 1. The molecule has 8 heteroatoms. The largest absolute Gasteiger partial charge is 0.320 e. The number of aryl methyl sites for hydroxylation is 1. The van der Waals surface area contributed by atoms with Gasteiger partial charge in [-0.05, 0) is 25.5 Å². The lowest BCUT2D eigenvalue weighted by molar-refractivity contribution is -0.115. The lowest BCUT2D eigenvalue weighted by Crippen LogP contribution is -2.26. The van der Waals surface area contributed by atoms with Gasteiger partial charge in [-0.1, -0.05) is 24.8 Å². The van der Waals surface area contributed by atoms with Crippen LogP contribution in [0.3, 0.4) is 0 Å². The lowest BCUT2D eigenvalue weighted by atomic mass is 10.2. The van der Waals surface area contributed by atoms with Crippen LogP contribution in [0.25, 0.3) is 0 Å². The fourth-order valence-corrected chi connectivity index (χ4v) is 2.84. The average Bonchev–Trinajstić information content (AvgIpc) is 2.47. The molecule has 1 unspecified atom stereocenters. The van der Waals surface area contributed by atoms with Crippen LogP contribution in [-0.4, -0.2) is 21.1 Å². The molecule has 0 bridgehead atoms. The molecule has 2 rings (SSSR count). The normalized spacial score (nSPS) is 12.0. The molecule has 1 atom stereocenters. The van der Waals surface area contributed by atoms with Gasteiger partial charge in [0.2, 0.25) is 5.91 Å². The number of halogens is 2. The first-order valence-corrected chi connectivity index (χ1v) is 7.78. The minimum Gasteiger partial charge on any atom is -0.320 e. The molecule has 0 radical (unpaired) electrons. The Labute approximate surface area is 135 Å². The number of anilines is 1. The number of benzene rings is 1. The van der Waals surface area contributed by atoms with Gasteiger partial charge >= 0.3 is 0 Å². The number of carbonyl (C=O) groups excluding carboxylic acids is 1. The van der Waals surface area contributed by atoms with E-state index in [1.165, 1.54) is 12.1 Å². The summed E-state index contributed by atoms with van der Waals surface area (Å²) in [6, 6.07) is 4.67. The summed E-state index contributed by atoms with van der Waals surface area (Å²) >= 11 is 1.03. The van der Waals surface area contributed by atoms with E-state index in [2.05, 4.69) is 15.3 Å². The van der Waals surface area contributed by atoms with Crippen LogP contribution in [-0.2, 0) is 4.79 Å². The van der Waals surface area contributed by atoms with Gasteiger partial charge in [0.15, 0.2) is 5.16 Å². The van der Waals surface area contributed by atoms with E-state index in [9.17, 15) is 18.4 Å². The molecule has 122 valence electrons. The minimum absolute atomic E-state index is 0.283. The Morgan fingerprint density at radius 3 is 2.61 bits per heavy atom. The third kappa shape index (κ3) is 4.38. The lowest BCUT2D eigenvalue weighted by Gasteiger charge is -2.15. The summed E-state index contributed by atoms with van der Waals surface area (Å²) in [7, 11) is 0. The summed E-state index contributed by atoms with van der Waals surface area (Å²) in [5.74, 6) is -2.26. The number of para-hydroxylation sites is 1. The molecule has 2 N–H and O–H groups in total. The van der Waals surface area contributed by atoms with Crippen LogP contribution in [0.15, 0.2) is 34.2 Å². The van der Waals surface area contributed by atoms with Gasteiger partial charge in [-0.2, -0.15) is 0 Å². The minimum atomic E-state index is -0.847. The van der Waals surface area contributed by atoms with Crippen LogP contribution in [0.5, 0.6) is 0 Å². The van der Waals surface area contributed by atoms with Gasteiger partial charge < -0.3 is 10.3 Å². The Kier molecular flexibility index (Phi) is 5.49. The molecule has 0 saturated carbocycles. The molecule has 23 heavy (non-hydrogen) atoms. The fraction of sp³-hybridized carbons (Fsp3) is 0.267. The molecule has 0 aliphatic rings. The Balaban J connectivity index is 2.17. The standard InChI is InChI=1S/C15H15F2N3O2S/c1-3-11(23-15-18-8(2)7-12(21)19-15)14(22)20-13-9(16)5-4-6-10(13)17/h4-7,11H,3H2,1-2H3,(H,20,22)(H,18,19,21). The molecule has 0 spiro atoms. The monoisotopic (exact) mass is 339 g/mol. The summed E-state index contributed by atoms with van der Waals surface area (Å²) in [5.41, 5.74) is -0.288. The first-order chi connectivity index (χ1) is 10.9. The molecule has 5 nitrogen and oxygen atoms in total. The van der Waals surface area contributed by atoms with Crippen molar-refractivity contribution in [3.63, 3.8) is 0 Å². The van der Waals surface area contributed by atoms with Crippen LogP contribution in [0.1, 0.15) is 19.0 Å². The molecule has 1 amide bonds. The number of aromatic amines is 1. The molecule has 0 aliphatic carbocycles. The first-order valence-electron chi connectivity index (χ1n) is 6.90. The molecule has 1 aromatic carbocycles. The second-order valence-electron chi connectivity index (χ2n) is 4.79. The maximum absolute atomic E-state index is 13.6. The van der Waals surface area contributed by atoms with Crippen LogP contribution >= 0.6 is 11.8 Å². The summed E-state index contributed by atoms with van der Waals surface area (Å²) in [5, 5.41) is 1.88. The molecule has 0 aliphatic heterocycles. The highest BCUT2D eigenvalue weighted by Gasteiger charge is 2.22. The SMILES string of the molecule is CCC(Sc1nc(C)cc(=O)[nH]1)C(=O)Nc1c(F)cccc1F. The molecular weight excluding hydrogens is 324 g/mol. The number of rotatable bonds is 5. The van der Waals surface area contributed by atoms with E-state index in [0.717, 1.165) is 23.9 Å². The maximum atomic E-state index is 13.6. The van der Waals surface area contributed by atoms with Crippen molar-refractivity contribution in [1.82, 2.24) is 9.97 Å². The number of carbonyl (C=O) groups is 1. The van der Waals surface area contributed by atoms with Crippen molar-refractivity contribution in [3.05, 3.63) is 51.9 Å². The molecular formula is C15H15F2N3O2S. The van der Waals surface area contributed by atoms with E-state index in [1.54, 1.807) is 13.8 Å².